The van der Waals surface area contributed by atoms with Crippen molar-refractivity contribution in [2.75, 3.05) is 12.4 Å². The first kappa shape index (κ1) is 13.1. The van der Waals surface area contributed by atoms with Gasteiger partial charge in [-0.2, -0.15) is 5.10 Å². The number of carbonyl (C=O) groups is 1. The lowest BCUT2D eigenvalue weighted by Gasteiger charge is -2.09. The van der Waals surface area contributed by atoms with E-state index in [1.165, 1.54) is 7.11 Å². The van der Waals surface area contributed by atoms with Crippen LogP contribution in [0, 0.1) is 5.92 Å². The quantitative estimate of drug-likeness (QED) is 0.839. The largest absolute Gasteiger partial charge is 0.468 e. The zero-order valence-electron chi connectivity index (χ0n) is 10.1. The van der Waals surface area contributed by atoms with Crippen LogP contribution in [0.2, 0.25) is 0 Å². The molecule has 1 saturated carbocycles. The molecule has 2 atom stereocenters. The highest BCUT2D eigenvalue weighted by atomic mass is 79.9. The molecule has 0 amide bonds. The van der Waals surface area contributed by atoms with Crippen LogP contribution >= 0.6 is 15.9 Å². The molecule has 0 spiro atoms. The lowest BCUT2D eigenvalue weighted by Crippen LogP contribution is -2.28. The molecule has 1 aromatic rings. The number of hydrogen-bond acceptors (Lipinski definition) is 5. The van der Waals surface area contributed by atoms with E-state index in [0.29, 0.717) is 22.1 Å². The molecule has 0 aromatic carbocycles. The van der Waals surface area contributed by atoms with Crippen molar-refractivity contribution >= 4 is 27.6 Å². The summed E-state index contributed by atoms with van der Waals surface area (Å²) in [6.45, 7) is 1.95. The van der Waals surface area contributed by atoms with E-state index in [1.54, 1.807) is 6.20 Å². The van der Waals surface area contributed by atoms with Gasteiger partial charge in [-0.3, -0.25) is 9.59 Å². The molecule has 1 aliphatic rings. The Morgan fingerprint density at radius 3 is 2.94 bits per heavy atom. The molecule has 6 nitrogen and oxygen atoms in total. The molecule has 1 fully saturated rings. The Balaban J connectivity index is 2.18. The summed E-state index contributed by atoms with van der Waals surface area (Å²) in [5.74, 6) is 0.113. The lowest BCUT2D eigenvalue weighted by molar-refractivity contribution is -0.141. The number of anilines is 1. The van der Waals surface area contributed by atoms with Crippen molar-refractivity contribution in [3.8, 4) is 0 Å². The summed E-state index contributed by atoms with van der Waals surface area (Å²) in [7, 11) is 1.27. The molecule has 98 valence electrons. The molecule has 0 saturated heterocycles. The van der Waals surface area contributed by atoms with E-state index in [4.69, 9.17) is 0 Å². The molecular formula is C11H14BrN3O3. The van der Waals surface area contributed by atoms with Gasteiger partial charge in [-0.25, -0.2) is 4.68 Å². The Hall–Kier alpha value is -1.37. The summed E-state index contributed by atoms with van der Waals surface area (Å²) in [5, 5.41) is 7.17. The van der Waals surface area contributed by atoms with Crippen molar-refractivity contribution in [3.05, 3.63) is 21.0 Å². The van der Waals surface area contributed by atoms with E-state index in [-0.39, 0.29) is 12.1 Å². The third-order valence-electron chi connectivity index (χ3n) is 2.94. The molecule has 7 heteroatoms. The molecule has 0 bridgehead atoms. The van der Waals surface area contributed by atoms with Crippen LogP contribution < -0.4 is 10.9 Å². The summed E-state index contributed by atoms with van der Waals surface area (Å²) in [5.41, 5.74) is 0.314. The highest BCUT2D eigenvalue weighted by Gasteiger charge is 2.33. The van der Waals surface area contributed by atoms with E-state index < -0.39 is 5.97 Å². The number of halogens is 1. The van der Waals surface area contributed by atoms with Crippen LogP contribution in [0.4, 0.5) is 5.69 Å². The van der Waals surface area contributed by atoms with Crippen molar-refractivity contribution in [2.45, 2.75) is 25.9 Å². The van der Waals surface area contributed by atoms with Crippen molar-refractivity contribution in [1.29, 1.82) is 0 Å². The Morgan fingerprint density at radius 1 is 1.72 bits per heavy atom. The zero-order chi connectivity index (χ0) is 13.3. The van der Waals surface area contributed by atoms with Gasteiger partial charge in [0.2, 0.25) is 0 Å². The maximum absolute atomic E-state index is 11.9. The lowest BCUT2D eigenvalue weighted by atomic mass is 10.4. The fraction of sp³-hybridized carbons (Fsp3) is 0.545. The van der Waals surface area contributed by atoms with E-state index in [9.17, 15) is 9.59 Å². The minimum Gasteiger partial charge on any atom is -0.468 e. The first-order valence-electron chi connectivity index (χ1n) is 5.62. The third kappa shape index (κ3) is 2.72. The number of esters is 1. The second kappa shape index (κ2) is 5.09. The summed E-state index contributed by atoms with van der Waals surface area (Å²) in [6, 6.07) is 0.402. The second-order valence-corrected chi connectivity index (χ2v) is 5.17. The highest BCUT2D eigenvalue weighted by molar-refractivity contribution is 9.10. The van der Waals surface area contributed by atoms with Gasteiger partial charge in [-0.1, -0.05) is 6.92 Å². The van der Waals surface area contributed by atoms with Crippen molar-refractivity contribution in [1.82, 2.24) is 9.78 Å². The molecule has 0 radical (unpaired) electrons. The normalized spacial score (nSPS) is 21.5. The smallest absolute Gasteiger partial charge is 0.327 e. The maximum atomic E-state index is 11.9. The van der Waals surface area contributed by atoms with Crippen molar-refractivity contribution in [2.24, 2.45) is 5.92 Å². The summed E-state index contributed by atoms with van der Waals surface area (Å²) in [6.07, 6.45) is 2.64. The molecular weight excluding hydrogens is 302 g/mol. The first-order chi connectivity index (χ1) is 8.52. The van der Waals surface area contributed by atoms with Crippen LogP contribution in [0.3, 0.4) is 0 Å². The van der Waals surface area contributed by atoms with E-state index in [0.717, 1.165) is 11.1 Å². The summed E-state index contributed by atoms with van der Waals surface area (Å²) in [4.78, 5) is 23.0. The standard InChI is InChI=1S/C11H14BrN3O3/c1-6-3-7(6)14-8-4-13-15(5-9(16)18-2)11(17)10(8)12/h4,6-7,14H,3,5H2,1-2H3. The molecule has 0 aliphatic heterocycles. The summed E-state index contributed by atoms with van der Waals surface area (Å²) < 4.78 is 5.95. The van der Waals surface area contributed by atoms with Crippen LogP contribution in [-0.2, 0) is 16.1 Å². The van der Waals surface area contributed by atoms with Gasteiger partial charge in [0.25, 0.3) is 5.56 Å². The number of nitrogens with zero attached hydrogens (tertiary/aromatic N) is 2. The highest BCUT2D eigenvalue weighted by Crippen LogP contribution is 2.33. The number of methoxy groups -OCH3 is 1. The van der Waals surface area contributed by atoms with Gasteiger partial charge < -0.3 is 10.1 Å². The topological polar surface area (TPSA) is 73.2 Å². The average molecular weight is 316 g/mol. The average Bonchev–Trinajstić information content (AvgIpc) is 3.04. The van der Waals surface area contributed by atoms with Crippen LogP contribution in [0.5, 0.6) is 0 Å². The van der Waals surface area contributed by atoms with Crippen LogP contribution in [0.15, 0.2) is 15.5 Å². The van der Waals surface area contributed by atoms with Crippen LogP contribution in [-0.4, -0.2) is 28.9 Å². The Bertz CT molecular complexity index is 529. The number of rotatable bonds is 4. The second-order valence-electron chi connectivity index (χ2n) is 4.37. The van der Waals surface area contributed by atoms with Gasteiger partial charge in [0.1, 0.15) is 11.0 Å². The molecule has 1 heterocycles. The minimum absolute atomic E-state index is 0.186. The van der Waals surface area contributed by atoms with Gasteiger partial charge in [-0.15, -0.1) is 0 Å². The first-order valence-corrected chi connectivity index (χ1v) is 6.41. The van der Waals surface area contributed by atoms with Gasteiger partial charge in [-0.05, 0) is 28.3 Å². The fourth-order valence-corrected chi connectivity index (χ4v) is 2.01. The molecule has 2 rings (SSSR count). The van der Waals surface area contributed by atoms with Gasteiger partial charge in [0.05, 0.1) is 19.0 Å². The Kier molecular flexibility index (Phi) is 3.70. The van der Waals surface area contributed by atoms with Gasteiger partial charge >= 0.3 is 5.97 Å². The number of ether oxygens (including phenoxy) is 1. The zero-order valence-corrected chi connectivity index (χ0v) is 11.7. The maximum Gasteiger partial charge on any atom is 0.327 e. The Morgan fingerprint density at radius 2 is 2.39 bits per heavy atom. The molecule has 1 N–H and O–H groups in total. The van der Waals surface area contributed by atoms with E-state index in [1.807, 2.05) is 0 Å². The SMILES string of the molecule is COC(=O)Cn1ncc(NC2CC2C)c(Br)c1=O. The number of hydrogen-bond donors (Lipinski definition) is 1. The minimum atomic E-state index is -0.506. The summed E-state index contributed by atoms with van der Waals surface area (Å²) >= 11 is 3.23. The van der Waals surface area contributed by atoms with Crippen molar-refractivity contribution in [3.63, 3.8) is 0 Å². The van der Waals surface area contributed by atoms with E-state index >= 15 is 0 Å². The van der Waals surface area contributed by atoms with E-state index in [2.05, 4.69) is 38.0 Å². The number of aromatic nitrogens is 2. The van der Waals surface area contributed by atoms with Gasteiger partial charge in [0, 0.05) is 6.04 Å². The van der Waals surface area contributed by atoms with Crippen LogP contribution in [0.1, 0.15) is 13.3 Å². The number of carbonyl (C=O) groups excluding carboxylic acids is 1. The molecule has 18 heavy (non-hydrogen) atoms. The van der Waals surface area contributed by atoms with Crippen molar-refractivity contribution < 1.29 is 9.53 Å². The molecule has 1 aromatic heterocycles. The van der Waals surface area contributed by atoms with Crippen LogP contribution in [0.25, 0.3) is 0 Å². The van der Waals surface area contributed by atoms with Gasteiger partial charge in [0.15, 0.2) is 0 Å². The monoisotopic (exact) mass is 315 g/mol. The predicted molar refractivity (Wildman–Crippen MR) is 69.4 cm³/mol. The fourth-order valence-electron chi connectivity index (χ4n) is 1.59. The third-order valence-corrected chi connectivity index (χ3v) is 3.71. The molecule has 2 unspecified atom stereocenters. The molecule has 1 aliphatic carbocycles. The Labute approximate surface area is 112 Å². The predicted octanol–water partition coefficient (Wildman–Crippen LogP) is 0.999. The number of nitrogens with one attached hydrogen (secondary N) is 1.